The first-order valence-corrected chi connectivity index (χ1v) is 11.4. The Hall–Kier alpha value is -3.45. The van der Waals surface area contributed by atoms with E-state index in [-0.39, 0.29) is 5.82 Å². The molecule has 0 saturated carbocycles. The highest BCUT2D eigenvalue weighted by atomic mass is 32.1. The normalized spacial score (nSPS) is 10.9. The Balaban J connectivity index is 1.53. The van der Waals surface area contributed by atoms with Gasteiger partial charge in [-0.1, -0.05) is 0 Å². The van der Waals surface area contributed by atoms with Crippen molar-refractivity contribution in [2.45, 2.75) is 26.8 Å². The number of hydrogen-bond donors (Lipinski definition) is 2. The molecule has 0 saturated heterocycles. The van der Waals surface area contributed by atoms with Crippen molar-refractivity contribution in [3.63, 3.8) is 0 Å². The summed E-state index contributed by atoms with van der Waals surface area (Å²) < 4.78 is 19.4. The predicted octanol–water partition coefficient (Wildman–Crippen LogP) is 5.85. The van der Waals surface area contributed by atoms with Crippen LogP contribution in [0.2, 0.25) is 0 Å². The standard InChI is InChI=1S/C26H27FN4OS/c1-3-32-22-7-5-21(6-8-22)30-26(33)31(17-19-10-13-28-14-11-19)15-12-23-18(2)29-25-9-4-20(27)16-24(23)25/h4-11,13-14,16,29H,3,12,15,17H2,1-2H3,(H,30,33). The number of pyridine rings is 1. The number of ether oxygens (including phenoxy) is 1. The molecule has 33 heavy (non-hydrogen) atoms. The molecule has 0 atom stereocenters. The third-order valence-electron chi connectivity index (χ3n) is 5.54. The van der Waals surface area contributed by atoms with E-state index in [1.165, 1.54) is 6.07 Å². The Bertz CT molecular complexity index is 1220. The van der Waals surface area contributed by atoms with E-state index in [1.807, 2.05) is 50.2 Å². The van der Waals surface area contributed by atoms with Gasteiger partial charge in [0.25, 0.3) is 0 Å². The molecule has 0 bridgehead atoms. The van der Waals surface area contributed by atoms with Crippen LogP contribution in [0.1, 0.15) is 23.7 Å². The second kappa shape index (κ2) is 10.4. The SMILES string of the molecule is CCOc1ccc(NC(=S)N(CCc2c(C)[nH]c3ccc(F)cc23)Cc2ccncc2)cc1. The second-order valence-electron chi connectivity index (χ2n) is 7.83. The molecule has 2 aromatic heterocycles. The van der Waals surface area contributed by atoms with Crippen molar-refractivity contribution in [2.75, 3.05) is 18.5 Å². The van der Waals surface area contributed by atoms with Gasteiger partial charge in [-0.3, -0.25) is 4.98 Å². The van der Waals surface area contributed by atoms with Crippen LogP contribution < -0.4 is 10.1 Å². The molecule has 170 valence electrons. The van der Waals surface area contributed by atoms with Gasteiger partial charge in [0.15, 0.2) is 5.11 Å². The Morgan fingerprint density at radius 3 is 2.61 bits per heavy atom. The molecule has 0 aliphatic rings. The zero-order valence-electron chi connectivity index (χ0n) is 18.8. The molecule has 0 aliphatic heterocycles. The number of thiocarbonyl (C=S) groups is 1. The third-order valence-corrected chi connectivity index (χ3v) is 5.90. The smallest absolute Gasteiger partial charge is 0.173 e. The zero-order chi connectivity index (χ0) is 23.2. The molecule has 7 heteroatoms. The molecular weight excluding hydrogens is 435 g/mol. The maximum atomic E-state index is 13.9. The van der Waals surface area contributed by atoms with Gasteiger partial charge in [-0.2, -0.15) is 0 Å². The van der Waals surface area contributed by atoms with Crippen molar-refractivity contribution in [1.82, 2.24) is 14.9 Å². The van der Waals surface area contributed by atoms with Crippen LogP contribution in [0, 0.1) is 12.7 Å². The van der Waals surface area contributed by atoms with Crippen LogP contribution in [0.4, 0.5) is 10.1 Å². The summed E-state index contributed by atoms with van der Waals surface area (Å²) in [4.78, 5) is 9.59. The molecule has 0 aliphatic carbocycles. The summed E-state index contributed by atoms with van der Waals surface area (Å²) in [5.41, 5.74) is 5.11. The van der Waals surface area contributed by atoms with Gasteiger partial charge < -0.3 is 19.9 Å². The van der Waals surface area contributed by atoms with E-state index < -0.39 is 0 Å². The number of nitrogens with one attached hydrogen (secondary N) is 2. The average molecular weight is 463 g/mol. The molecule has 0 unspecified atom stereocenters. The van der Waals surface area contributed by atoms with Crippen LogP contribution in [-0.2, 0) is 13.0 Å². The lowest BCUT2D eigenvalue weighted by molar-refractivity contribution is 0.340. The number of aromatic amines is 1. The highest BCUT2D eigenvalue weighted by molar-refractivity contribution is 7.80. The summed E-state index contributed by atoms with van der Waals surface area (Å²) in [7, 11) is 0. The fraction of sp³-hybridized carbons (Fsp3) is 0.231. The van der Waals surface area contributed by atoms with Gasteiger partial charge in [0, 0.05) is 47.8 Å². The molecule has 5 nitrogen and oxygen atoms in total. The first kappa shape index (κ1) is 22.7. The second-order valence-corrected chi connectivity index (χ2v) is 8.22. The number of nitrogens with zero attached hydrogens (tertiary/aromatic N) is 2. The molecule has 4 rings (SSSR count). The number of hydrogen-bond acceptors (Lipinski definition) is 3. The van der Waals surface area contributed by atoms with Crippen molar-refractivity contribution in [3.8, 4) is 5.75 Å². The van der Waals surface area contributed by atoms with Crippen LogP contribution >= 0.6 is 12.2 Å². The number of H-pyrrole nitrogens is 1. The number of aromatic nitrogens is 2. The minimum Gasteiger partial charge on any atom is -0.494 e. The van der Waals surface area contributed by atoms with E-state index >= 15 is 0 Å². The van der Waals surface area contributed by atoms with Gasteiger partial charge in [-0.05, 0) is 98.2 Å². The van der Waals surface area contributed by atoms with Crippen molar-refractivity contribution in [1.29, 1.82) is 0 Å². The van der Waals surface area contributed by atoms with Crippen LogP contribution in [0.3, 0.4) is 0 Å². The van der Waals surface area contributed by atoms with E-state index in [0.717, 1.165) is 45.6 Å². The maximum absolute atomic E-state index is 13.9. The van der Waals surface area contributed by atoms with Crippen molar-refractivity contribution in [3.05, 3.63) is 89.6 Å². The fourth-order valence-electron chi connectivity index (χ4n) is 3.89. The number of anilines is 1. The van der Waals surface area contributed by atoms with Crippen molar-refractivity contribution < 1.29 is 9.13 Å². The molecule has 2 aromatic carbocycles. The lowest BCUT2D eigenvalue weighted by Gasteiger charge is -2.26. The van der Waals surface area contributed by atoms with E-state index in [4.69, 9.17) is 17.0 Å². The number of aryl methyl sites for hydroxylation is 1. The Morgan fingerprint density at radius 2 is 1.88 bits per heavy atom. The van der Waals surface area contributed by atoms with Gasteiger partial charge in [0.1, 0.15) is 11.6 Å². The molecule has 2 heterocycles. The summed E-state index contributed by atoms with van der Waals surface area (Å²) in [6, 6.07) is 16.6. The van der Waals surface area contributed by atoms with Crippen LogP contribution in [0.25, 0.3) is 10.9 Å². The molecule has 0 amide bonds. The largest absolute Gasteiger partial charge is 0.494 e. The van der Waals surface area contributed by atoms with E-state index in [9.17, 15) is 4.39 Å². The van der Waals surface area contributed by atoms with Gasteiger partial charge in [0.2, 0.25) is 0 Å². The quantitative estimate of drug-likeness (QED) is 0.322. The molecule has 2 N–H and O–H groups in total. The predicted molar refractivity (Wildman–Crippen MR) is 135 cm³/mol. The summed E-state index contributed by atoms with van der Waals surface area (Å²) in [5.74, 6) is 0.591. The number of rotatable bonds is 8. The summed E-state index contributed by atoms with van der Waals surface area (Å²) >= 11 is 5.79. The fourth-order valence-corrected chi connectivity index (χ4v) is 4.16. The highest BCUT2D eigenvalue weighted by Gasteiger charge is 2.15. The summed E-state index contributed by atoms with van der Waals surface area (Å²) in [6.07, 6.45) is 4.29. The van der Waals surface area contributed by atoms with Crippen LogP contribution in [0.5, 0.6) is 5.75 Å². The summed E-state index contributed by atoms with van der Waals surface area (Å²) in [5, 5.41) is 4.88. The first-order chi connectivity index (χ1) is 16.0. The average Bonchev–Trinajstić information content (AvgIpc) is 3.13. The highest BCUT2D eigenvalue weighted by Crippen LogP contribution is 2.24. The van der Waals surface area contributed by atoms with Gasteiger partial charge in [-0.15, -0.1) is 0 Å². The van der Waals surface area contributed by atoms with E-state index in [2.05, 4.69) is 20.2 Å². The number of fused-ring (bicyclic) bond motifs is 1. The van der Waals surface area contributed by atoms with E-state index in [0.29, 0.717) is 24.8 Å². The van der Waals surface area contributed by atoms with Gasteiger partial charge in [0.05, 0.1) is 6.61 Å². The van der Waals surface area contributed by atoms with Gasteiger partial charge >= 0.3 is 0 Å². The molecular formula is C26H27FN4OS. The molecule has 4 aromatic rings. The van der Waals surface area contributed by atoms with Crippen LogP contribution in [0.15, 0.2) is 67.0 Å². The maximum Gasteiger partial charge on any atom is 0.173 e. The molecule has 0 fully saturated rings. The van der Waals surface area contributed by atoms with E-state index in [1.54, 1.807) is 24.5 Å². The lowest BCUT2D eigenvalue weighted by atomic mass is 10.1. The minimum atomic E-state index is -0.232. The minimum absolute atomic E-state index is 0.232. The number of halogens is 1. The van der Waals surface area contributed by atoms with Crippen molar-refractivity contribution in [2.24, 2.45) is 0 Å². The third kappa shape index (κ3) is 5.68. The Labute approximate surface area is 198 Å². The van der Waals surface area contributed by atoms with Gasteiger partial charge in [-0.25, -0.2) is 4.39 Å². The van der Waals surface area contributed by atoms with Crippen molar-refractivity contribution >= 4 is 33.9 Å². The molecule has 0 spiro atoms. The monoisotopic (exact) mass is 462 g/mol. The first-order valence-electron chi connectivity index (χ1n) is 11.0. The molecule has 0 radical (unpaired) electrons. The topological polar surface area (TPSA) is 53.2 Å². The number of benzene rings is 2. The van der Waals surface area contributed by atoms with Crippen LogP contribution in [-0.4, -0.2) is 33.1 Å². The lowest BCUT2D eigenvalue weighted by Crippen LogP contribution is -2.36. The zero-order valence-corrected chi connectivity index (χ0v) is 19.6. The Kier molecular flexibility index (Phi) is 7.19. The Morgan fingerprint density at radius 1 is 1.12 bits per heavy atom. The summed E-state index contributed by atoms with van der Waals surface area (Å²) in [6.45, 7) is 5.93.